The zero-order chi connectivity index (χ0) is 17.9. The van der Waals surface area contributed by atoms with Crippen molar-refractivity contribution in [3.05, 3.63) is 34.3 Å². The van der Waals surface area contributed by atoms with E-state index in [0.717, 1.165) is 16.9 Å². The van der Waals surface area contributed by atoms with Crippen LogP contribution in [0.3, 0.4) is 0 Å². The van der Waals surface area contributed by atoms with Gasteiger partial charge in [-0.25, -0.2) is 0 Å². The molecule has 0 bridgehead atoms. The lowest BCUT2D eigenvalue weighted by Crippen LogP contribution is -2.49. The Labute approximate surface area is 153 Å². The van der Waals surface area contributed by atoms with Gasteiger partial charge in [-0.1, -0.05) is 28.1 Å². The van der Waals surface area contributed by atoms with Crippen LogP contribution >= 0.6 is 15.9 Å². The topological polar surface area (TPSA) is 56.7 Å². The van der Waals surface area contributed by atoms with Gasteiger partial charge in [-0.15, -0.1) is 0 Å². The summed E-state index contributed by atoms with van der Waals surface area (Å²) in [5, 5.41) is 6.43. The Kier molecular flexibility index (Phi) is 5.91. The number of guanidine groups is 1. The maximum atomic E-state index is 12.1. The number of nitrogens with one attached hydrogen (secondary N) is 2. The van der Waals surface area contributed by atoms with Gasteiger partial charge in [-0.05, 0) is 44.9 Å². The fourth-order valence-electron chi connectivity index (χ4n) is 2.69. The molecule has 1 amide bonds. The second-order valence-electron chi connectivity index (χ2n) is 7.35. The van der Waals surface area contributed by atoms with Crippen molar-refractivity contribution in [3.63, 3.8) is 0 Å². The van der Waals surface area contributed by atoms with Gasteiger partial charge >= 0.3 is 0 Å². The van der Waals surface area contributed by atoms with Crippen LogP contribution in [0, 0.1) is 0 Å². The molecule has 1 aromatic carbocycles. The number of likely N-dealkylation sites (N-methyl/N-ethyl adjacent to an activating group) is 1. The van der Waals surface area contributed by atoms with Crippen LogP contribution in [0.1, 0.15) is 38.7 Å². The molecule has 2 unspecified atom stereocenters. The van der Waals surface area contributed by atoms with Crippen LogP contribution in [0.15, 0.2) is 33.7 Å². The predicted octanol–water partition coefficient (Wildman–Crippen LogP) is 2.73. The number of carbonyl (C=O) groups is 1. The minimum absolute atomic E-state index is 0.00629. The molecular weight excluding hydrogens is 368 g/mol. The summed E-state index contributed by atoms with van der Waals surface area (Å²) >= 11 is 3.46. The number of nitrogens with zero attached hydrogens (tertiary/aromatic N) is 2. The molecule has 0 aromatic heterocycles. The first-order valence-electron chi connectivity index (χ1n) is 8.20. The molecule has 0 heterocycles. The lowest BCUT2D eigenvalue weighted by molar-refractivity contribution is -0.122. The van der Waals surface area contributed by atoms with Crippen molar-refractivity contribution in [2.24, 2.45) is 4.99 Å². The molecule has 5 nitrogen and oxygen atoms in total. The van der Waals surface area contributed by atoms with E-state index >= 15 is 0 Å². The number of benzene rings is 1. The van der Waals surface area contributed by atoms with Crippen molar-refractivity contribution in [1.29, 1.82) is 0 Å². The highest BCUT2D eigenvalue weighted by atomic mass is 79.9. The molecule has 0 radical (unpaired) electrons. The molecule has 0 spiro atoms. The number of hydrogen-bond donors (Lipinski definition) is 2. The molecule has 0 aliphatic heterocycles. The number of halogens is 1. The second kappa shape index (κ2) is 7.55. The third-order valence-corrected chi connectivity index (χ3v) is 4.40. The van der Waals surface area contributed by atoms with Crippen LogP contribution in [0.5, 0.6) is 0 Å². The summed E-state index contributed by atoms with van der Waals surface area (Å²) in [6.07, 6.45) is 1.09. The van der Waals surface area contributed by atoms with Crippen LogP contribution in [0.4, 0.5) is 0 Å². The second-order valence-corrected chi connectivity index (χ2v) is 8.26. The van der Waals surface area contributed by atoms with Gasteiger partial charge in [-0.3, -0.25) is 9.79 Å². The van der Waals surface area contributed by atoms with Gasteiger partial charge in [0, 0.05) is 36.1 Å². The highest BCUT2D eigenvalue weighted by molar-refractivity contribution is 9.10. The number of carbonyl (C=O) groups excluding carboxylic acids is 1. The van der Waals surface area contributed by atoms with E-state index in [2.05, 4.69) is 55.8 Å². The Morgan fingerprint density at radius 3 is 2.50 bits per heavy atom. The smallest absolute Gasteiger partial charge is 0.240 e. The van der Waals surface area contributed by atoms with Gasteiger partial charge in [-0.2, -0.15) is 0 Å². The minimum Gasteiger partial charge on any atom is -0.353 e. The first-order valence-corrected chi connectivity index (χ1v) is 9.00. The Bertz CT molecular complexity index is 606. The summed E-state index contributed by atoms with van der Waals surface area (Å²) in [7, 11) is 3.63. The first-order chi connectivity index (χ1) is 11.2. The molecule has 1 aromatic rings. The van der Waals surface area contributed by atoms with Gasteiger partial charge in [0.25, 0.3) is 0 Å². The number of aliphatic imine (C=N–C) groups is 1. The Morgan fingerprint density at radius 2 is 1.96 bits per heavy atom. The quantitative estimate of drug-likeness (QED) is 0.609. The molecule has 1 aliphatic carbocycles. The summed E-state index contributed by atoms with van der Waals surface area (Å²) in [5.41, 5.74) is 1.11. The van der Waals surface area contributed by atoms with E-state index in [0.29, 0.717) is 12.0 Å². The van der Waals surface area contributed by atoms with Gasteiger partial charge in [0.1, 0.15) is 0 Å². The van der Waals surface area contributed by atoms with Crippen molar-refractivity contribution in [2.75, 3.05) is 20.6 Å². The summed E-state index contributed by atoms with van der Waals surface area (Å²) in [5.74, 6) is 1.25. The molecule has 1 fully saturated rings. The zero-order valence-electron chi connectivity index (χ0n) is 15.1. The standard InChI is InChI=1S/C18H27BrN4O/c1-18(2,3)22-16(24)11-23(5)17(20-4)21-15-10-14(15)12-6-8-13(19)9-7-12/h6-9,14-15H,10-11H2,1-5H3,(H,20,21)(H,22,24). The largest absolute Gasteiger partial charge is 0.353 e. The highest BCUT2D eigenvalue weighted by Crippen LogP contribution is 2.41. The third-order valence-electron chi connectivity index (χ3n) is 3.87. The molecule has 132 valence electrons. The van der Waals surface area contributed by atoms with E-state index < -0.39 is 0 Å². The molecule has 2 atom stereocenters. The van der Waals surface area contributed by atoms with E-state index in [1.54, 1.807) is 7.05 Å². The van der Waals surface area contributed by atoms with Gasteiger partial charge in [0.05, 0.1) is 6.54 Å². The molecule has 6 heteroatoms. The lowest BCUT2D eigenvalue weighted by atomic mass is 10.1. The van der Waals surface area contributed by atoms with Crippen molar-refractivity contribution in [1.82, 2.24) is 15.5 Å². The van der Waals surface area contributed by atoms with Crippen molar-refractivity contribution in [3.8, 4) is 0 Å². The maximum Gasteiger partial charge on any atom is 0.240 e. The molecule has 1 saturated carbocycles. The molecular formula is C18H27BrN4O. The highest BCUT2D eigenvalue weighted by Gasteiger charge is 2.39. The Balaban J connectivity index is 1.87. The summed E-state index contributed by atoms with van der Waals surface area (Å²) in [4.78, 5) is 18.2. The fraction of sp³-hybridized carbons (Fsp3) is 0.556. The van der Waals surface area contributed by atoms with Crippen LogP contribution in [-0.2, 0) is 4.79 Å². The molecule has 0 saturated heterocycles. The van der Waals surface area contributed by atoms with Crippen LogP contribution in [0.2, 0.25) is 0 Å². The number of amides is 1. The van der Waals surface area contributed by atoms with Gasteiger partial charge in [0.15, 0.2) is 5.96 Å². The number of rotatable bonds is 4. The molecule has 2 N–H and O–H groups in total. The van der Waals surface area contributed by atoms with E-state index in [-0.39, 0.29) is 18.0 Å². The summed E-state index contributed by atoms with van der Waals surface area (Å²) in [6.45, 7) is 6.22. The maximum absolute atomic E-state index is 12.1. The average Bonchev–Trinajstić information content (AvgIpc) is 3.22. The van der Waals surface area contributed by atoms with Crippen LogP contribution in [-0.4, -0.2) is 49.0 Å². The van der Waals surface area contributed by atoms with E-state index in [9.17, 15) is 4.79 Å². The molecule has 24 heavy (non-hydrogen) atoms. The molecule has 2 rings (SSSR count). The number of hydrogen-bond acceptors (Lipinski definition) is 2. The van der Waals surface area contributed by atoms with Crippen LogP contribution < -0.4 is 10.6 Å². The Morgan fingerprint density at radius 1 is 1.33 bits per heavy atom. The Hall–Kier alpha value is -1.56. The average molecular weight is 395 g/mol. The van der Waals surface area contributed by atoms with Crippen molar-refractivity contribution >= 4 is 27.8 Å². The lowest BCUT2D eigenvalue weighted by Gasteiger charge is -2.25. The summed E-state index contributed by atoms with van der Waals surface area (Å²) < 4.78 is 1.09. The molecule has 1 aliphatic rings. The monoisotopic (exact) mass is 394 g/mol. The fourth-order valence-corrected chi connectivity index (χ4v) is 2.96. The zero-order valence-corrected chi connectivity index (χ0v) is 16.6. The first kappa shape index (κ1) is 18.8. The van der Waals surface area contributed by atoms with E-state index in [4.69, 9.17) is 0 Å². The van der Waals surface area contributed by atoms with Crippen molar-refractivity contribution in [2.45, 2.75) is 44.7 Å². The van der Waals surface area contributed by atoms with E-state index in [1.807, 2.05) is 32.7 Å². The minimum atomic E-state index is -0.224. The van der Waals surface area contributed by atoms with Crippen molar-refractivity contribution < 1.29 is 4.79 Å². The summed E-state index contributed by atoms with van der Waals surface area (Å²) in [6, 6.07) is 8.82. The predicted molar refractivity (Wildman–Crippen MR) is 102 cm³/mol. The van der Waals surface area contributed by atoms with Gasteiger partial charge < -0.3 is 15.5 Å². The van der Waals surface area contributed by atoms with E-state index in [1.165, 1.54) is 5.56 Å². The SMILES string of the molecule is CN=C(NC1CC1c1ccc(Br)cc1)N(C)CC(=O)NC(C)(C)C. The van der Waals surface area contributed by atoms with Gasteiger partial charge in [0.2, 0.25) is 5.91 Å². The third kappa shape index (κ3) is 5.51. The van der Waals surface area contributed by atoms with Crippen LogP contribution in [0.25, 0.3) is 0 Å². The normalized spacial score (nSPS) is 20.5.